The van der Waals surface area contributed by atoms with Crippen molar-refractivity contribution in [2.75, 3.05) is 39.8 Å². The van der Waals surface area contributed by atoms with Crippen LogP contribution in [0.2, 0.25) is 0 Å². The number of ether oxygens (including phenoxy) is 4. The number of rotatable bonds is 11. The number of esters is 1. The number of unbranched alkanes of at least 4 members (excludes halogenated alkanes) is 1. The predicted octanol–water partition coefficient (Wildman–Crippen LogP) is 3.97. The number of piperidine rings is 1. The summed E-state index contributed by atoms with van der Waals surface area (Å²) in [5.41, 5.74) is 1.18. The first kappa shape index (κ1) is 26.8. The van der Waals surface area contributed by atoms with Gasteiger partial charge in [-0.2, -0.15) is 0 Å². The Labute approximate surface area is 211 Å². The highest BCUT2D eigenvalue weighted by Crippen LogP contribution is 2.41. The first-order valence-corrected chi connectivity index (χ1v) is 12.0. The summed E-state index contributed by atoms with van der Waals surface area (Å²) in [6, 6.07) is 11.8. The lowest BCUT2D eigenvalue weighted by Crippen LogP contribution is -2.46. The summed E-state index contributed by atoms with van der Waals surface area (Å²) in [7, 11) is 4.58. The van der Waals surface area contributed by atoms with Crippen molar-refractivity contribution in [3.05, 3.63) is 48.0 Å². The van der Waals surface area contributed by atoms with Gasteiger partial charge in [-0.1, -0.05) is 31.5 Å². The summed E-state index contributed by atoms with van der Waals surface area (Å²) in [6.45, 7) is 2.11. The summed E-state index contributed by atoms with van der Waals surface area (Å²) in [4.78, 5) is 40.4. The minimum absolute atomic E-state index is 0.00671. The van der Waals surface area contributed by atoms with E-state index in [2.05, 4.69) is 12.2 Å². The second-order valence-electron chi connectivity index (χ2n) is 8.49. The molecular weight excluding hydrogens is 464 g/mol. The molecule has 2 atom stereocenters. The van der Waals surface area contributed by atoms with Crippen LogP contribution in [-0.2, 0) is 19.1 Å². The van der Waals surface area contributed by atoms with Gasteiger partial charge in [0.25, 0.3) is 5.91 Å². The number of benzene rings is 2. The van der Waals surface area contributed by atoms with Crippen LogP contribution in [0.1, 0.15) is 44.2 Å². The second-order valence-corrected chi connectivity index (χ2v) is 8.49. The lowest BCUT2D eigenvalue weighted by molar-refractivity contribution is -0.159. The second kappa shape index (κ2) is 12.8. The topological polar surface area (TPSA) is 103 Å². The van der Waals surface area contributed by atoms with Crippen molar-refractivity contribution in [1.82, 2.24) is 4.90 Å². The average Bonchev–Trinajstić information content (AvgIpc) is 2.91. The van der Waals surface area contributed by atoms with E-state index in [1.165, 1.54) is 14.2 Å². The maximum Gasteiger partial charge on any atom is 0.311 e. The Morgan fingerprint density at radius 1 is 1.03 bits per heavy atom. The van der Waals surface area contributed by atoms with Crippen LogP contribution in [-0.4, -0.2) is 57.2 Å². The number of methoxy groups -OCH3 is 3. The maximum atomic E-state index is 13.2. The molecule has 1 aliphatic rings. The summed E-state index contributed by atoms with van der Waals surface area (Å²) < 4.78 is 21.5. The van der Waals surface area contributed by atoms with E-state index in [-0.39, 0.29) is 12.3 Å². The lowest BCUT2D eigenvalue weighted by Gasteiger charge is -2.40. The zero-order chi connectivity index (χ0) is 26.1. The molecule has 0 aromatic heterocycles. The van der Waals surface area contributed by atoms with Crippen molar-refractivity contribution < 1.29 is 33.3 Å². The molecule has 1 N–H and O–H groups in total. The summed E-state index contributed by atoms with van der Waals surface area (Å²) in [5, 5.41) is 2.69. The zero-order valence-corrected chi connectivity index (χ0v) is 21.2. The molecule has 3 rings (SSSR count). The van der Waals surface area contributed by atoms with Crippen LogP contribution in [0.25, 0.3) is 0 Å². The number of hydrogen-bond acceptors (Lipinski definition) is 7. The van der Waals surface area contributed by atoms with E-state index < -0.39 is 30.4 Å². The molecule has 2 unspecified atom stereocenters. The normalized spacial score (nSPS) is 17.3. The molecule has 1 aliphatic heterocycles. The molecule has 0 aliphatic carbocycles. The van der Waals surface area contributed by atoms with Crippen molar-refractivity contribution in [1.29, 1.82) is 0 Å². The number of nitrogens with zero attached hydrogens (tertiary/aromatic N) is 1. The Hall–Kier alpha value is -3.75. The number of amides is 2. The fraction of sp³-hybridized carbons (Fsp3) is 0.444. The van der Waals surface area contributed by atoms with Gasteiger partial charge in [0, 0.05) is 24.6 Å². The molecule has 0 spiro atoms. The Morgan fingerprint density at radius 3 is 2.47 bits per heavy atom. The number of nitrogens with one attached hydrogen (secondary N) is 1. The number of hydrogen-bond donors (Lipinski definition) is 1. The van der Waals surface area contributed by atoms with Gasteiger partial charge in [-0.25, -0.2) is 0 Å². The summed E-state index contributed by atoms with van der Waals surface area (Å²) >= 11 is 0. The molecule has 0 bridgehead atoms. The van der Waals surface area contributed by atoms with Gasteiger partial charge in [0.1, 0.15) is 17.2 Å². The number of likely N-dealkylation sites (tertiary alicyclic amines) is 1. The Kier molecular flexibility index (Phi) is 9.55. The molecule has 1 saturated heterocycles. The van der Waals surface area contributed by atoms with Crippen molar-refractivity contribution in [2.45, 2.75) is 38.6 Å². The third-order valence-electron chi connectivity index (χ3n) is 6.25. The van der Waals surface area contributed by atoms with Gasteiger partial charge in [-0.05, 0) is 31.0 Å². The van der Waals surface area contributed by atoms with Crippen LogP contribution >= 0.6 is 0 Å². The number of anilines is 1. The standard InChI is InChI=1S/C27H34N2O7/c1-5-6-15-29-25(31)14-12-20(26(29)19-9-7-8-10-22(19)34-3)27(32)36-17-24(30)28-21-13-11-18(33-2)16-23(21)35-4/h7-11,13,16,20,26H,5-6,12,14-15,17H2,1-4H3,(H,28,30). The Morgan fingerprint density at radius 2 is 1.78 bits per heavy atom. The Balaban J connectivity index is 1.76. The highest BCUT2D eigenvalue weighted by molar-refractivity contribution is 5.94. The van der Waals surface area contributed by atoms with Crippen molar-refractivity contribution in [3.8, 4) is 17.2 Å². The van der Waals surface area contributed by atoms with E-state index in [9.17, 15) is 14.4 Å². The molecule has 1 heterocycles. The van der Waals surface area contributed by atoms with E-state index in [0.717, 1.165) is 18.4 Å². The molecule has 36 heavy (non-hydrogen) atoms. The molecular formula is C27H34N2O7. The largest absolute Gasteiger partial charge is 0.497 e. The van der Waals surface area contributed by atoms with Gasteiger partial charge < -0.3 is 29.2 Å². The van der Waals surface area contributed by atoms with Crippen LogP contribution in [0.5, 0.6) is 17.2 Å². The predicted molar refractivity (Wildman–Crippen MR) is 134 cm³/mol. The van der Waals surface area contributed by atoms with Gasteiger partial charge in [0.2, 0.25) is 5.91 Å². The maximum absolute atomic E-state index is 13.2. The van der Waals surface area contributed by atoms with E-state index >= 15 is 0 Å². The quantitative estimate of drug-likeness (QED) is 0.468. The first-order valence-electron chi connectivity index (χ1n) is 12.0. The molecule has 0 radical (unpaired) electrons. The average molecular weight is 499 g/mol. The van der Waals surface area contributed by atoms with Gasteiger partial charge in [-0.3, -0.25) is 14.4 Å². The van der Waals surface area contributed by atoms with Crippen molar-refractivity contribution in [2.24, 2.45) is 5.92 Å². The summed E-state index contributed by atoms with van der Waals surface area (Å²) in [5.74, 6) is -0.0688. The molecule has 2 aromatic carbocycles. The molecule has 1 fully saturated rings. The molecule has 2 aromatic rings. The number of carbonyl (C=O) groups excluding carboxylic acids is 3. The molecule has 9 nitrogen and oxygen atoms in total. The lowest BCUT2D eigenvalue weighted by atomic mass is 9.83. The number of para-hydroxylation sites is 1. The van der Waals surface area contributed by atoms with E-state index in [4.69, 9.17) is 18.9 Å². The monoisotopic (exact) mass is 498 g/mol. The van der Waals surface area contributed by atoms with Gasteiger partial charge >= 0.3 is 5.97 Å². The zero-order valence-electron chi connectivity index (χ0n) is 21.2. The Bertz CT molecular complexity index is 1070. The minimum Gasteiger partial charge on any atom is -0.497 e. The smallest absolute Gasteiger partial charge is 0.311 e. The third-order valence-corrected chi connectivity index (χ3v) is 6.25. The van der Waals surface area contributed by atoms with Gasteiger partial charge in [0.15, 0.2) is 6.61 Å². The van der Waals surface area contributed by atoms with E-state index in [1.807, 2.05) is 24.3 Å². The number of carbonyl (C=O) groups is 3. The van der Waals surface area contributed by atoms with Crippen LogP contribution in [0.3, 0.4) is 0 Å². The van der Waals surface area contributed by atoms with E-state index in [0.29, 0.717) is 35.9 Å². The van der Waals surface area contributed by atoms with Crippen LogP contribution in [0, 0.1) is 5.92 Å². The third kappa shape index (κ3) is 6.27. The fourth-order valence-electron chi connectivity index (χ4n) is 4.42. The van der Waals surface area contributed by atoms with Crippen LogP contribution < -0.4 is 19.5 Å². The molecule has 194 valence electrons. The van der Waals surface area contributed by atoms with Crippen molar-refractivity contribution in [3.63, 3.8) is 0 Å². The first-order chi connectivity index (χ1) is 17.4. The van der Waals surface area contributed by atoms with Crippen LogP contribution in [0.15, 0.2) is 42.5 Å². The van der Waals surface area contributed by atoms with Crippen LogP contribution in [0.4, 0.5) is 5.69 Å². The van der Waals surface area contributed by atoms with Gasteiger partial charge in [-0.15, -0.1) is 0 Å². The van der Waals surface area contributed by atoms with Crippen molar-refractivity contribution >= 4 is 23.5 Å². The van der Waals surface area contributed by atoms with E-state index in [1.54, 1.807) is 30.2 Å². The molecule has 2 amide bonds. The minimum atomic E-state index is -0.626. The summed E-state index contributed by atoms with van der Waals surface area (Å²) in [6.07, 6.45) is 2.29. The fourth-order valence-corrected chi connectivity index (χ4v) is 4.42. The van der Waals surface area contributed by atoms with Gasteiger partial charge in [0.05, 0.1) is 39.0 Å². The SMILES string of the molecule is CCCCN1C(=O)CCC(C(=O)OCC(=O)Nc2ccc(OC)cc2OC)C1c1ccccc1OC. The molecule has 9 heteroatoms. The highest BCUT2D eigenvalue weighted by atomic mass is 16.5. The molecule has 0 saturated carbocycles. The highest BCUT2D eigenvalue weighted by Gasteiger charge is 2.42.